The molecule has 1 aromatic carbocycles. The number of benzene rings is 1. The number of rotatable bonds is 4. The number of imidazole rings is 1. The summed E-state index contributed by atoms with van der Waals surface area (Å²) in [6.07, 6.45) is 6.68. The first kappa shape index (κ1) is 19.9. The van der Waals surface area contributed by atoms with Crippen LogP contribution in [-0.4, -0.2) is 50.6 Å². The van der Waals surface area contributed by atoms with Crippen molar-refractivity contribution >= 4 is 29.1 Å². The second-order valence-electron chi connectivity index (χ2n) is 7.94. The van der Waals surface area contributed by atoms with Gasteiger partial charge in [0.2, 0.25) is 5.91 Å². The number of hydrogen-bond donors (Lipinski definition) is 2. The summed E-state index contributed by atoms with van der Waals surface area (Å²) in [6, 6.07) is 4.94. The molecule has 4 atom stereocenters. The summed E-state index contributed by atoms with van der Waals surface area (Å²) in [7, 11) is 0. The van der Waals surface area contributed by atoms with Crippen LogP contribution in [0.3, 0.4) is 0 Å². The van der Waals surface area contributed by atoms with Gasteiger partial charge in [-0.1, -0.05) is 18.5 Å². The molecule has 0 radical (unpaired) electrons. The van der Waals surface area contributed by atoms with Gasteiger partial charge in [0.15, 0.2) is 0 Å². The van der Waals surface area contributed by atoms with Crippen LogP contribution in [-0.2, 0) is 4.79 Å². The van der Waals surface area contributed by atoms with E-state index < -0.39 is 6.10 Å². The van der Waals surface area contributed by atoms with Crippen LogP contribution in [0.4, 0.5) is 5.69 Å². The van der Waals surface area contributed by atoms with Crippen LogP contribution in [0.1, 0.15) is 42.6 Å². The predicted octanol–water partition coefficient (Wildman–Crippen LogP) is 2.97. The van der Waals surface area contributed by atoms with E-state index in [4.69, 9.17) is 11.6 Å². The van der Waals surface area contributed by atoms with Gasteiger partial charge in [-0.2, -0.15) is 0 Å². The molecule has 1 aromatic heterocycles. The molecule has 154 valence electrons. The van der Waals surface area contributed by atoms with E-state index in [1.165, 1.54) is 0 Å². The summed E-state index contributed by atoms with van der Waals surface area (Å²) in [5, 5.41) is 13.9. The van der Waals surface area contributed by atoms with Crippen molar-refractivity contribution in [2.45, 2.75) is 38.3 Å². The first-order chi connectivity index (χ1) is 14.0. The number of aromatic nitrogens is 2. The van der Waals surface area contributed by atoms with Gasteiger partial charge < -0.3 is 19.9 Å². The Morgan fingerprint density at radius 2 is 2.03 bits per heavy atom. The van der Waals surface area contributed by atoms with Crippen molar-refractivity contribution < 1.29 is 14.7 Å². The summed E-state index contributed by atoms with van der Waals surface area (Å²) in [5.74, 6) is 0.323. The second-order valence-corrected chi connectivity index (χ2v) is 8.37. The Morgan fingerprint density at radius 3 is 2.72 bits per heavy atom. The molecule has 2 N–H and O–H groups in total. The third-order valence-electron chi connectivity index (χ3n) is 6.11. The number of fused-ring (bicyclic) bond motifs is 1. The Labute approximate surface area is 174 Å². The predicted molar refractivity (Wildman–Crippen MR) is 110 cm³/mol. The number of halogens is 1. The molecule has 2 fully saturated rings. The summed E-state index contributed by atoms with van der Waals surface area (Å²) < 4.78 is 1.96. The van der Waals surface area contributed by atoms with Gasteiger partial charge in [-0.25, -0.2) is 4.98 Å². The Kier molecular flexibility index (Phi) is 5.61. The fraction of sp³-hybridized carbons (Fsp3) is 0.476. The van der Waals surface area contributed by atoms with Crippen molar-refractivity contribution in [3.05, 3.63) is 47.5 Å². The van der Waals surface area contributed by atoms with E-state index in [1.54, 1.807) is 37.6 Å². The zero-order valence-electron chi connectivity index (χ0n) is 16.3. The fourth-order valence-electron chi connectivity index (χ4n) is 4.57. The minimum Gasteiger partial charge on any atom is -0.391 e. The number of hydrogen-bond acceptors (Lipinski definition) is 4. The summed E-state index contributed by atoms with van der Waals surface area (Å²) in [6.45, 7) is 3.01. The maximum atomic E-state index is 13.2. The maximum absolute atomic E-state index is 13.2. The van der Waals surface area contributed by atoms with Gasteiger partial charge in [-0.3, -0.25) is 9.59 Å². The number of nitrogens with zero attached hydrogens (tertiary/aromatic N) is 3. The zero-order valence-corrected chi connectivity index (χ0v) is 17.0. The molecule has 29 heavy (non-hydrogen) atoms. The molecule has 0 spiro atoms. The molecule has 1 saturated heterocycles. The molecule has 7 nitrogen and oxygen atoms in total. The lowest BCUT2D eigenvalue weighted by Gasteiger charge is -2.35. The highest BCUT2D eigenvalue weighted by Crippen LogP contribution is 2.42. The van der Waals surface area contributed by atoms with E-state index in [2.05, 4.69) is 10.3 Å². The van der Waals surface area contributed by atoms with E-state index in [0.717, 1.165) is 6.42 Å². The molecule has 2 amide bonds. The molecule has 1 aliphatic heterocycles. The van der Waals surface area contributed by atoms with E-state index in [1.807, 2.05) is 15.7 Å². The molecule has 2 aliphatic rings. The van der Waals surface area contributed by atoms with Crippen LogP contribution in [0, 0.1) is 11.8 Å². The quantitative estimate of drug-likeness (QED) is 0.802. The zero-order chi connectivity index (χ0) is 20.5. The number of carbonyl (C=O) groups excluding carboxylic acids is 2. The minimum atomic E-state index is -0.449. The van der Waals surface area contributed by atoms with Crippen molar-refractivity contribution in [1.82, 2.24) is 14.5 Å². The van der Waals surface area contributed by atoms with Gasteiger partial charge in [-0.15, -0.1) is 0 Å². The Balaban J connectivity index is 1.51. The number of aliphatic hydroxyl groups is 1. The molecule has 0 bridgehead atoms. The normalized spacial score (nSPS) is 26.2. The SMILES string of the molecule is CCC(=O)Nc1cc(Cl)ccc1C(=O)N1C[C@H]2C[C@@H](n3ccnc3)[C@H](O)C[C@H]2C1. The van der Waals surface area contributed by atoms with Gasteiger partial charge in [0.1, 0.15) is 0 Å². The monoisotopic (exact) mass is 416 g/mol. The Bertz CT molecular complexity index is 901. The number of aliphatic hydroxyl groups excluding tert-OH is 1. The lowest BCUT2D eigenvalue weighted by atomic mass is 9.77. The van der Waals surface area contributed by atoms with Crippen LogP contribution in [0.2, 0.25) is 5.02 Å². The highest BCUT2D eigenvalue weighted by molar-refractivity contribution is 6.31. The summed E-state index contributed by atoms with van der Waals surface area (Å²) in [5.41, 5.74) is 0.891. The van der Waals surface area contributed by atoms with Crippen LogP contribution in [0.5, 0.6) is 0 Å². The van der Waals surface area contributed by atoms with E-state index in [9.17, 15) is 14.7 Å². The highest BCUT2D eigenvalue weighted by Gasteiger charge is 2.43. The van der Waals surface area contributed by atoms with Crippen molar-refractivity contribution in [1.29, 1.82) is 0 Å². The molecule has 1 saturated carbocycles. The number of likely N-dealkylation sites (tertiary alicyclic amines) is 1. The highest BCUT2D eigenvalue weighted by atomic mass is 35.5. The number of nitrogens with one attached hydrogen (secondary N) is 1. The first-order valence-electron chi connectivity index (χ1n) is 10.0. The van der Waals surface area contributed by atoms with Crippen LogP contribution in [0.15, 0.2) is 36.9 Å². The topological polar surface area (TPSA) is 87.5 Å². The van der Waals surface area contributed by atoms with Crippen molar-refractivity contribution in [3.8, 4) is 0 Å². The Morgan fingerprint density at radius 1 is 1.28 bits per heavy atom. The average Bonchev–Trinajstić information content (AvgIpc) is 3.36. The lowest BCUT2D eigenvalue weighted by molar-refractivity contribution is -0.115. The molecular formula is C21H25ClN4O3. The molecule has 8 heteroatoms. The number of carbonyl (C=O) groups is 2. The Hall–Kier alpha value is -2.38. The molecule has 2 heterocycles. The van der Waals surface area contributed by atoms with Crippen molar-refractivity contribution in [2.75, 3.05) is 18.4 Å². The lowest BCUT2D eigenvalue weighted by Crippen LogP contribution is -2.35. The van der Waals surface area contributed by atoms with Gasteiger partial charge in [0, 0.05) is 36.9 Å². The van der Waals surface area contributed by atoms with E-state index in [-0.39, 0.29) is 23.8 Å². The van der Waals surface area contributed by atoms with Crippen molar-refractivity contribution in [3.63, 3.8) is 0 Å². The smallest absolute Gasteiger partial charge is 0.255 e. The number of amides is 2. The van der Waals surface area contributed by atoms with Crippen molar-refractivity contribution in [2.24, 2.45) is 11.8 Å². The maximum Gasteiger partial charge on any atom is 0.255 e. The van der Waals surface area contributed by atoms with Crippen LogP contribution < -0.4 is 5.32 Å². The average molecular weight is 417 g/mol. The number of anilines is 1. The van der Waals surface area contributed by atoms with Crippen LogP contribution in [0.25, 0.3) is 0 Å². The fourth-order valence-corrected chi connectivity index (χ4v) is 4.75. The largest absolute Gasteiger partial charge is 0.391 e. The second kappa shape index (κ2) is 8.16. The van der Waals surface area contributed by atoms with Gasteiger partial charge in [0.25, 0.3) is 5.91 Å². The third kappa shape index (κ3) is 4.02. The summed E-state index contributed by atoms with van der Waals surface area (Å²) >= 11 is 6.08. The molecule has 4 rings (SSSR count). The minimum absolute atomic E-state index is 0.0104. The van der Waals surface area contributed by atoms with Gasteiger partial charge in [0.05, 0.1) is 29.7 Å². The van der Waals surface area contributed by atoms with Gasteiger partial charge >= 0.3 is 0 Å². The van der Waals surface area contributed by atoms with Crippen LogP contribution >= 0.6 is 11.6 Å². The molecule has 1 aliphatic carbocycles. The standard InChI is InChI=1S/C21H25ClN4O3/c1-2-20(28)24-17-9-15(22)3-4-16(17)21(29)26-10-13-7-18(25-6-5-23-12-25)19(27)8-14(13)11-26/h3-6,9,12-14,18-19,27H,2,7-8,10-11H2,1H3,(H,24,28)/t13-,14+,18-,19-/m1/s1. The molecule has 2 aromatic rings. The summed E-state index contributed by atoms with van der Waals surface area (Å²) in [4.78, 5) is 31.0. The molecular weight excluding hydrogens is 392 g/mol. The van der Waals surface area contributed by atoms with E-state index in [0.29, 0.717) is 48.1 Å². The third-order valence-corrected chi connectivity index (χ3v) is 6.35. The first-order valence-corrected chi connectivity index (χ1v) is 10.4. The van der Waals surface area contributed by atoms with Gasteiger partial charge in [-0.05, 0) is 42.9 Å². The van der Waals surface area contributed by atoms with E-state index >= 15 is 0 Å². The molecule has 0 unspecified atom stereocenters.